The number of anilines is 1. The van der Waals surface area contributed by atoms with Gasteiger partial charge in [0.15, 0.2) is 0 Å². The van der Waals surface area contributed by atoms with Crippen LogP contribution in [0.15, 0.2) is 48.7 Å². The fourth-order valence-corrected chi connectivity index (χ4v) is 2.24. The van der Waals surface area contributed by atoms with Gasteiger partial charge in [0.25, 0.3) is 0 Å². The normalized spacial score (nSPS) is 12.4. The summed E-state index contributed by atoms with van der Waals surface area (Å²) < 4.78 is 0. The van der Waals surface area contributed by atoms with E-state index in [2.05, 4.69) is 60.5 Å². The van der Waals surface area contributed by atoms with Crippen molar-refractivity contribution in [2.24, 2.45) is 5.92 Å². The predicted molar refractivity (Wildman–Crippen MR) is 81.5 cm³/mol. The molecule has 1 N–H and O–H groups in total. The highest BCUT2D eigenvalue weighted by Crippen LogP contribution is 2.24. The van der Waals surface area contributed by atoms with E-state index in [0.29, 0.717) is 11.8 Å². The largest absolute Gasteiger partial charge is 0.383 e. The average molecular weight is 254 g/mol. The number of nitrogens with zero attached hydrogens (tertiary/aromatic N) is 1. The van der Waals surface area contributed by atoms with Crippen molar-refractivity contribution >= 4 is 5.69 Å². The molecule has 0 aliphatic rings. The predicted octanol–water partition coefficient (Wildman–Crippen LogP) is 4.24. The van der Waals surface area contributed by atoms with Gasteiger partial charge in [-0.2, -0.15) is 0 Å². The van der Waals surface area contributed by atoms with Gasteiger partial charge in [-0.25, -0.2) is 0 Å². The van der Waals surface area contributed by atoms with Crippen LogP contribution in [-0.4, -0.2) is 11.5 Å². The summed E-state index contributed by atoms with van der Waals surface area (Å²) in [6.45, 7) is 7.48. The maximum Gasteiger partial charge on any atom is 0.0527 e. The van der Waals surface area contributed by atoms with Gasteiger partial charge in [-0.15, -0.1) is 0 Å². The molecule has 0 spiro atoms. The van der Waals surface area contributed by atoms with Crippen molar-refractivity contribution in [3.63, 3.8) is 0 Å². The van der Waals surface area contributed by atoms with E-state index in [-0.39, 0.29) is 0 Å². The van der Waals surface area contributed by atoms with Crippen molar-refractivity contribution in [2.75, 3.05) is 11.9 Å². The highest BCUT2D eigenvalue weighted by Gasteiger charge is 2.15. The molecule has 0 saturated carbocycles. The minimum absolute atomic E-state index is 0.516. The lowest BCUT2D eigenvalue weighted by Crippen LogP contribution is -2.17. The quantitative estimate of drug-likeness (QED) is 0.863. The van der Waals surface area contributed by atoms with Gasteiger partial charge in [0.1, 0.15) is 0 Å². The summed E-state index contributed by atoms with van der Waals surface area (Å²) in [5.41, 5.74) is 3.53. The van der Waals surface area contributed by atoms with Crippen LogP contribution in [0.5, 0.6) is 0 Å². The summed E-state index contributed by atoms with van der Waals surface area (Å²) in [6, 6.07) is 14.8. The molecule has 1 aromatic heterocycles. The molecular weight excluding hydrogens is 232 g/mol. The molecule has 0 aliphatic heterocycles. The summed E-state index contributed by atoms with van der Waals surface area (Å²) in [4.78, 5) is 4.31. The molecule has 19 heavy (non-hydrogen) atoms. The van der Waals surface area contributed by atoms with E-state index in [1.165, 1.54) is 5.56 Å². The second-order valence-corrected chi connectivity index (χ2v) is 5.33. The topological polar surface area (TPSA) is 24.9 Å². The molecule has 2 rings (SSSR count). The number of hydrogen-bond acceptors (Lipinski definition) is 2. The summed E-state index contributed by atoms with van der Waals surface area (Å²) in [5, 5.41) is 3.49. The van der Waals surface area contributed by atoms with Crippen molar-refractivity contribution in [3.05, 3.63) is 59.9 Å². The third-order valence-corrected chi connectivity index (χ3v) is 3.47. The van der Waals surface area contributed by atoms with Gasteiger partial charge in [0.05, 0.1) is 11.9 Å². The summed E-state index contributed by atoms with van der Waals surface area (Å²) in [6.07, 6.45) is 1.90. The third-order valence-electron chi connectivity index (χ3n) is 3.47. The Morgan fingerprint density at radius 1 is 1.05 bits per heavy atom. The zero-order valence-electron chi connectivity index (χ0n) is 11.9. The number of benzene rings is 1. The van der Waals surface area contributed by atoms with E-state index in [1.54, 1.807) is 0 Å². The molecule has 1 heterocycles. The van der Waals surface area contributed by atoms with Crippen LogP contribution in [0.1, 0.15) is 31.0 Å². The number of hydrogen-bond donors (Lipinski definition) is 1. The minimum atomic E-state index is 0.516. The molecule has 0 bridgehead atoms. The monoisotopic (exact) mass is 254 g/mol. The molecule has 0 amide bonds. The van der Waals surface area contributed by atoms with Gasteiger partial charge in [-0.3, -0.25) is 4.98 Å². The maximum absolute atomic E-state index is 4.31. The van der Waals surface area contributed by atoms with Crippen LogP contribution in [0, 0.1) is 12.8 Å². The molecule has 1 aromatic carbocycles. The molecule has 0 radical (unpaired) electrons. The van der Waals surface area contributed by atoms with Crippen LogP contribution >= 0.6 is 0 Å². The lowest BCUT2D eigenvalue weighted by atomic mass is 9.88. The first kappa shape index (κ1) is 13.6. The Bertz CT molecular complexity index is 488. The van der Waals surface area contributed by atoms with E-state index in [0.717, 1.165) is 17.9 Å². The first-order chi connectivity index (χ1) is 9.16. The van der Waals surface area contributed by atoms with Crippen LogP contribution in [0.2, 0.25) is 0 Å². The number of pyridine rings is 1. The molecule has 2 heteroatoms. The van der Waals surface area contributed by atoms with Gasteiger partial charge >= 0.3 is 0 Å². The highest BCUT2D eigenvalue weighted by molar-refractivity contribution is 5.41. The summed E-state index contributed by atoms with van der Waals surface area (Å²) in [7, 11) is 0. The van der Waals surface area contributed by atoms with Crippen LogP contribution in [0.3, 0.4) is 0 Å². The summed E-state index contributed by atoms with van der Waals surface area (Å²) in [5.74, 6) is 1.12. The maximum atomic E-state index is 4.31. The zero-order valence-corrected chi connectivity index (χ0v) is 11.9. The molecule has 0 aliphatic carbocycles. The number of nitrogens with one attached hydrogen (secondary N) is 1. The zero-order chi connectivity index (χ0) is 13.7. The van der Waals surface area contributed by atoms with E-state index < -0.39 is 0 Å². The fourth-order valence-electron chi connectivity index (χ4n) is 2.24. The second kappa shape index (κ2) is 6.37. The first-order valence-electron chi connectivity index (χ1n) is 6.88. The van der Waals surface area contributed by atoms with Crippen molar-refractivity contribution < 1.29 is 0 Å². The van der Waals surface area contributed by atoms with E-state index in [1.807, 2.05) is 19.2 Å². The lowest BCUT2D eigenvalue weighted by Gasteiger charge is -2.22. The molecule has 1 unspecified atom stereocenters. The molecule has 100 valence electrons. The van der Waals surface area contributed by atoms with Gasteiger partial charge in [0, 0.05) is 18.2 Å². The molecule has 2 nitrogen and oxygen atoms in total. The SMILES string of the molecule is Cc1ccc(NCC(c2ccccc2)C(C)C)cn1. The van der Waals surface area contributed by atoms with Gasteiger partial charge in [-0.05, 0) is 30.5 Å². The number of rotatable bonds is 5. The van der Waals surface area contributed by atoms with E-state index >= 15 is 0 Å². The fraction of sp³-hybridized carbons (Fsp3) is 0.353. The van der Waals surface area contributed by atoms with Crippen LogP contribution < -0.4 is 5.32 Å². The Kier molecular flexibility index (Phi) is 4.56. The van der Waals surface area contributed by atoms with Gasteiger partial charge < -0.3 is 5.32 Å². The standard InChI is InChI=1S/C17H22N2/c1-13(2)17(15-7-5-4-6-8-15)12-19-16-10-9-14(3)18-11-16/h4-11,13,17,19H,12H2,1-3H3. The summed E-state index contributed by atoms with van der Waals surface area (Å²) >= 11 is 0. The Morgan fingerprint density at radius 3 is 2.37 bits per heavy atom. The van der Waals surface area contributed by atoms with Gasteiger partial charge in [0.2, 0.25) is 0 Å². The lowest BCUT2D eigenvalue weighted by molar-refractivity contribution is 0.517. The van der Waals surface area contributed by atoms with E-state index in [4.69, 9.17) is 0 Å². The smallest absolute Gasteiger partial charge is 0.0527 e. The molecule has 0 fully saturated rings. The molecule has 1 atom stereocenters. The number of aryl methyl sites for hydroxylation is 1. The molecule has 2 aromatic rings. The number of aromatic nitrogens is 1. The molecule has 0 saturated heterocycles. The van der Waals surface area contributed by atoms with Gasteiger partial charge in [-0.1, -0.05) is 44.2 Å². The van der Waals surface area contributed by atoms with Crippen molar-refractivity contribution in [2.45, 2.75) is 26.7 Å². The first-order valence-corrected chi connectivity index (χ1v) is 6.88. The van der Waals surface area contributed by atoms with Crippen LogP contribution in [0.4, 0.5) is 5.69 Å². The average Bonchev–Trinajstić information content (AvgIpc) is 2.42. The van der Waals surface area contributed by atoms with Crippen molar-refractivity contribution in [3.8, 4) is 0 Å². The van der Waals surface area contributed by atoms with Crippen LogP contribution in [-0.2, 0) is 0 Å². The Balaban J connectivity index is 2.04. The Hall–Kier alpha value is -1.83. The van der Waals surface area contributed by atoms with E-state index in [9.17, 15) is 0 Å². The second-order valence-electron chi connectivity index (χ2n) is 5.33. The minimum Gasteiger partial charge on any atom is -0.383 e. The van der Waals surface area contributed by atoms with Crippen molar-refractivity contribution in [1.29, 1.82) is 0 Å². The van der Waals surface area contributed by atoms with Crippen molar-refractivity contribution in [1.82, 2.24) is 4.98 Å². The highest BCUT2D eigenvalue weighted by atomic mass is 14.9. The Labute approximate surface area is 115 Å². The third kappa shape index (κ3) is 3.82. The van der Waals surface area contributed by atoms with Crippen LogP contribution in [0.25, 0.3) is 0 Å². The Morgan fingerprint density at radius 2 is 1.79 bits per heavy atom. The molecular formula is C17H22N2.